The number of rotatable bonds is 3. The van der Waals surface area contributed by atoms with E-state index < -0.39 is 0 Å². The van der Waals surface area contributed by atoms with Crippen LogP contribution in [-0.4, -0.2) is 29.0 Å². The van der Waals surface area contributed by atoms with Gasteiger partial charge in [-0.1, -0.05) is 36.4 Å². The van der Waals surface area contributed by atoms with Crippen LogP contribution in [0.25, 0.3) is 0 Å². The Balaban J connectivity index is 1.71. The highest BCUT2D eigenvalue weighted by Crippen LogP contribution is 2.20. The van der Waals surface area contributed by atoms with Crippen LogP contribution in [0.1, 0.15) is 24.2 Å². The second-order valence-corrected chi connectivity index (χ2v) is 5.47. The first-order valence-electron chi connectivity index (χ1n) is 7.25. The number of piperazine rings is 1. The topological polar surface area (TPSA) is 28.2 Å². The lowest BCUT2D eigenvalue weighted by molar-refractivity contribution is 0.132. The fourth-order valence-electron chi connectivity index (χ4n) is 2.75. The molecule has 0 bridgehead atoms. The maximum absolute atomic E-state index is 4.44. The van der Waals surface area contributed by atoms with Gasteiger partial charge in [0.05, 0.1) is 5.69 Å². The minimum absolute atomic E-state index is 0.413. The van der Waals surface area contributed by atoms with Crippen molar-refractivity contribution in [2.24, 2.45) is 0 Å². The smallest absolute Gasteiger partial charge is 0.0544 e. The molecule has 1 aromatic heterocycles. The molecule has 1 saturated heterocycles. The molecule has 1 aromatic carbocycles. The highest BCUT2D eigenvalue weighted by molar-refractivity contribution is 5.20. The van der Waals surface area contributed by atoms with Crippen molar-refractivity contribution in [1.82, 2.24) is 15.2 Å². The Labute approximate surface area is 120 Å². The highest BCUT2D eigenvalue weighted by Gasteiger charge is 2.25. The Morgan fingerprint density at radius 2 is 1.95 bits per heavy atom. The van der Waals surface area contributed by atoms with Crippen molar-refractivity contribution < 1.29 is 0 Å². The fraction of sp³-hybridized carbons (Fsp3) is 0.353. The number of nitrogens with one attached hydrogen (secondary N) is 1. The molecule has 0 aliphatic carbocycles. The quantitative estimate of drug-likeness (QED) is 0.926. The normalized spacial score (nSPS) is 23.6. The first-order chi connectivity index (χ1) is 9.83. The van der Waals surface area contributed by atoms with Gasteiger partial charge in [-0.05, 0) is 24.6 Å². The highest BCUT2D eigenvalue weighted by atomic mass is 15.2. The van der Waals surface area contributed by atoms with Crippen LogP contribution in [0.2, 0.25) is 0 Å². The summed E-state index contributed by atoms with van der Waals surface area (Å²) in [6, 6.07) is 17.8. The molecule has 20 heavy (non-hydrogen) atoms. The summed E-state index contributed by atoms with van der Waals surface area (Å²) < 4.78 is 0. The van der Waals surface area contributed by atoms with E-state index in [1.165, 1.54) is 5.56 Å². The molecule has 1 aliphatic heterocycles. The zero-order chi connectivity index (χ0) is 13.8. The standard InChI is InChI=1S/C17H21N3/c1-14-11-19-17(15-7-3-2-4-8-15)13-20(14)12-16-9-5-6-10-18-16/h2-10,14,17,19H,11-13H2,1H3. The predicted octanol–water partition coefficient (Wildman–Crippen LogP) is 2.62. The Morgan fingerprint density at radius 3 is 2.70 bits per heavy atom. The van der Waals surface area contributed by atoms with Gasteiger partial charge in [-0.2, -0.15) is 0 Å². The van der Waals surface area contributed by atoms with Gasteiger partial charge in [-0.3, -0.25) is 9.88 Å². The van der Waals surface area contributed by atoms with Crippen LogP contribution in [-0.2, 0) is 6.54 Å². The van der Waals surface area contributed by atoms with Crippen LogP contribution in [0.3, 0.4) is 0 Å². The van der Waals surface area contributed by atoms with E-state index in [0.29, 0.717) is 12.1 Å². The molecule has 1 fully saturated rings. The van der Waals surface area contributed by atoms with Gasteiger partial charge >= 0.3 is 0 Å². The third-order valence-electron chi connectivity index (χ3n) is 3.99. The van der Waals surface area contributed by atoms with Crippen molar-refractivity contribution in [3.05, 3.63) is 66.0 Å². The van der Waals surface area contributed by atoms with Gasteiger partial charge in [-0.15, -0.1) is 0 Å². The number of nitrogens with zero attached hydrogens (tertiary/aromatic N) is 2. The lowest BCUT2D eigenvalue weighted by Gasteiger charge is -2.38. The van der Waals surface area contributed by atoms with Crippen molar-refractivity contribution in [1.29, 1.82) is 0 Å². The van der Waals surface area contributed by atoms with E-state index in [0.717, 1.165) is 25.3 Å². The molecule has 1 aliphatic rings. The summed E-state index contributed by atoms with van der Waals surface area (Å²) in [4.78, 5) is 6.95. The first-order valence-corrected chi connectivity index (χ1v) is 7.25. The number of aromatic nitrogens is 1. The van der Waals surface area contributed by atoms with Crippen LogP contribution >= 0.6 is 0 Å². The zero-order valence-electron chi connectivity index (χ0n) is 11.9. The van der Waals surface area contributed by atoms with Crippen LogP contribution in [0.5, 0.6) is 0 Å². The van der Waals surface area contributed by atoms with Gasteiger partial charge in [0.1, 0.15) is 0 Å². The first kappa shape index (κ1) is 13.3. The summed E-state index contributed by atoms with van der Waals surface area (Å²) in [5.41, 5.74) is 2.51. The van der Waals surface area contributed by atoms with Gasteiger partial charge in [0, 0.05) is 37.9 Å². The van der Waals surface area contributed by atoms with E-state index in [4.69, 9.17) is 0 Å². The lowest BCUT2D eigenvalue weighted by Crippen LogP contribution is -2.50. The van der Waals surface area contributed by atoms with Crippen molar-refractivity contribution in [3.8, 4) is 0 Å². The van der Waals surface area contributed by atoms with Crippen molar-refractivity contribution in [2.45, 2.75) is 25.6 Å². The van der Waals surface area contributed by atoms with E-state index >= 15 is 0 Å². The van der Waals surface area contributed by atoms with E-state index in [1.54, 1.807) is 0 Å². The number of benzene rings is 1. The van der Waals surface area contributed by atoms with Gasteiger partial charge in [-0.25, -0.2) is 0 Å². The minimum atomic E-state index is 0.413. The Hall–Kier alpha value is -1.71. The van der Waals surface area contributed by atoms with E-state index in [9.17, 15) is 0 Å². The zero-order valence-corrected chi connectivity index (χ0v) is 11.9. The van der Waals surface area contributed by atoms with Gasteiger partial charge in [0.25, 0.3) is 0 Å². The fourth-order valence-corrected chi connectivity index (χ4v) is 2.75. The molecular formula is C17H21N3. The molecule has 3 nitrogen and oxygen atoms in total. The molecule has 0 amide bonds. The summed E-state index contributed by atoms with van der Waals surface area (Å²) in [6.07, 6.45) is 1.87. The van der Waals surface area contributed by atoms with E-state index in [2.05, 4.69) is 64.6 Å². The molecule has 2 unspecified atom stereocenters. The van der Waals surface area contributed by atoms with Crippen LogP contribution in [0, 0.1) is 0 Å². The SMILES string of the molecule is CC1CNC(c2ccccc2)CN1Cc1ccccn1. The Morgan fingerprint density at radius 1 is 1.15 bits per heavy atom. The molecule has 104 valence electrons. The average molecular weight is 267 g/mol. The summed E-state index contributed by atoms with van der Waals surface area (Å²) in [7, 11) is 0. The van der Waals surface area contributed by atoms with Crippen LogP contribution < -0.4 is 5.32 Å². The summed E-state index contributed by atoms with van der Waals surface area (Å²) in [5, 5.41) is 3.64. The minimum Gasteiger partial charge on any atom is -0.307 e. The van der Waals surface area contributed by atoms with Crippen molar-refractivity contribution >= 4 is 0 Å². The molecule has 3 rings (SSSR count). The maximum atomic E-state index is 4.44. The third kappa shape index (κ3) is 3.06. The molecule has 2 atom stereocenters. The molecule has 0 radical (unpaired) electrons. The summed E-state index contributed by atoms with van der Waals surface area (Å²) >= 11 is 0. The second-order valence-electron chi connectivity index (χ2n) is 5.47. The van der Waals surface area contributed by atoms with Gasteiger partial charge in [0.15, 0.2) is 0 Å². The summed E-state index contributed by atoms with van der Waals surface area (Å²) in [6.45, 7) is 5.25. The largest absolute Gasteiger partial charge is 0.307 e. The second kappa shape index (κ2) is 6.16. The lowest BCUT2D eigenvalue weighted by atomic mass is 10.0. The number of hydrogen-bond acceptors (Lipinski definition) is 3. The number of hydrogen-bond donors (Lipinski definition) is 1. The molecule has 3 heteroatoms. The number of pyridine rings is 1. The van der Waals surface area contributed by atoms with E-state index in [1.807, 2.05) is 12.3 Å². The molecular weight excluding hydrogens is 246 g/mol. The Kier molecular flexibility index (Phi) is 4.09. The Bertz CT molecular complexity index is 526. The molecule has 2 heterocycles. The van der Waals surface area contributed by atoms with E-state index in [-0.39, 0.29) is 0 Å². The van der Waals surface area contributed by atoms with Crippen molar-refractivity contribution in [2.75, 3.05) is 13.1 Å². The molecule has 2 aromatic rings. The van der Waals surface area contributed by atoms with Crippen molar-refractivity contribution in [3.63, 3.8) is 0 Å². The molecule has 0 spiro atoms. The molecule has 1 N–H and O–H groups in total. The maximum Gasteiger partial charge on any atom is 0.0544 e. The van der Waals surface area contributed by atoms with Crippen LogP contribution in [0.4, 0.5) is 0 Å². The van der Waals surface area contributed by atoms with Gasteiger partial charge in [0.2, 0.25) is 0 Å². The average Bonchev–Trinajstić information content (AvgIpc) is 2.51. The third-order valence-corrected chi connectivity index (χ3v) is 3.99. The monoisotopic (exact) mass is 267 g/mol. The predicted molar refractivity (Wildman–Crippen MR) is 81.3 cm³/mol. The molecule has 0 saturated carbocycles. The summed E-state index contributed by atoms with van der Waals surface area (Å²) in [5.74, 6) is 0. The van der Waals surface area contributed by atoms with Crippen LogP contribution in [0.15, 0.2) is 54.7 Å². The van der Waals surface area contributed by atoms with Gasteiger partial charge < -0.3 is 5.32 Å².